The molecule has 128 valence electrons. The highest BCUT2D eigenvalue weighted by Gasteiger charge is 2.09. The summed E-state index contributed by atoms with van der Waals surface area (Å²) in [7, 11) is -3.39. The van der Waals surface area contributed by atoms with Gasteiger partial charge < -0.3 is 9.88 Å². The van der Waals surface area contributed by atoms with Gasteiger partial charge in [-0.15, -0.1) is 0 Å². The maximum absolute atomic E-state index is 12.3. The Morgan fingerprint density at radius 2 is 1.84 bits per heavy atom. The first-order chi connectivity index (χ1) is 11.9. The van der Waals surface area contributed by atoms with Crippen LogP contribution < -0.4 is 10.0 Å². The van der Waals surface area contributed by atoms with E-state index < -0.39 is 10.0 Å². The summed E-state index contributed by atoms with van der Waals surface area (Å²) in [6, 6.07) is 13.6. The third-order valence-corrected chi connectivity index (χ3v) is 3.96. The average molecular weight is 356 g/mol. The van der Waals surface area contributed by atoms with Gasteiger partial charge in [0, 0.05) is 35.0 Å². The molecule has 3 rings (SSSR count). The molecule has 0 fully saturated rings. The van der Waals surface area contributed by atoms with Crippen molar-refractivity contribution in [3.8, 4) is 5.69 Å². The third kappa shape index (κ3) is 4.45. The summed E-state index contributed by atoms with van der Waals surface area (Å²) in [6.07, 6.45) is 6.26. The highest BCUT2D eigenvalue weighted by atomic mass is 32.2. The lowest BCUT2D eigenvalue weighted by molar-refractivity contribution is 0.102. The van der Waals surface area contributed by atoms with Gasteiger partial charge >= 0.3 is 0 Å². The van der Waals surface area contributed by atoms with Gasteiger partial charge in [-0.2, -0.15) is 0 Å². The van der Waals surface area contributed by atoms with Crippen molar-refractivity contribution < 1.29 is 13.2 Å². The molecule has 0 saturated carbocycles. The number of hydrogen-bond acceptors (Lipinski definition) is 4. The van der Waals surface area contributed by atoms with Gasteiger partial charge in [0.2, 0.25) is 10.0 Å². The van der Waals surface area contributed by atoms with Crippen LogP contribution in [0.25, 0.3) is 5.69 Å². The molecule has 0 unspecified atom stereocenters. The van der Waals surface area contributed by atoms with Crippen LogP contribution in [0.15, 0.2) is 67.3 Å². The molecule has 0 aliphatic heterocycles. The molecule has 3 aromatic rings. The Morgan fingerprint density at radius 3 is 2.48 bits per heavy atom. The molecular weight excluding hydrogens is 340 g/mol. The molecule has 7 nitrogen and oxygen atoms in total. The molecule has 2 aromatic carbocycles. The van der Waals surface area contributed by atoms with E-state index in [0.717, 1.165) is 11.9 Å². The molecule has 2 N–H and O–H groups in total. The van der Waals surface area contributed by atoms with Crippen LogP contribution in [0, 0.1) is 0 Å². The van der Waals surface area contributed by atoms with Crippen LogP contribution in [-0.4, -0.2) is 30.1 Å². The number of carbonyl (C=O) groups is 1. The number of sulfonamides is 1. The molecule has 0 bridgehead atoms. The number of rotatable bonds is 5. The van der Waals surface area contributed by atoms with E-state index in [9.17, 15) is 13.2 Å². The van der Waals surface area contributed by atoms with Gasteiger partial charge in [0.25, 0.3) is 5.91 Å². The maximum Gasteiger partial charge on any atom is 0.255 e. The van der Waals surface area contributed by atoms with E-state index in [-0.39, 0.29) is 5.91 Å². The monoisotopic (exact) mass is 356 g/mol. The summed E-state index contributed by atoms with van der Waals surface area (Å²) in [5, 5.41) is 2.78. The minimum absolute atomic E-state index is 0.326. The smallest absolute Gasteiger partial charge is 0.255 e. The van der Waals surface area contributed by atoms with Crippen molar-refractivity contribution in [2.75, 3.05) is 16.3 Å². The van der Waals surface area contributed by atoms with Crippen molar-refractivity contribution in [1.82, 2.24) is 9.55 Å². The van der Waals surface area contributed by atoms with Crippen molar-refractivity contribution in [3.05, 3.63) is 72.8 Å². The minimum Gasteiger partial charge on any atom is -0.322 e. The predicted molar refractivity (Wildman–Crippen MR) is 96.4 cm³/mol. The SMILES string of the molecule is CS(=O)(=O)Nc1cccc(C(=O)Nc2ccc(-n3ccnc3)cc2)c1. The van der Waals surface area contributed by atoms with E-state index in [0.29, 0.717) is 16.9 Å². The van der Waals surface area contributed by atoms with Crippen LogP contribution in [0.4, 0.5) is 11.4 Å². The second kappa shape index (κ2) is 6.78. The van der Waals surface area contributed by atoms with Crippen molar-refractivity contribution >= 4 is 27.3 Å². The number of nitrogens with one attached hydrogen (secondary N) is 2. The van der Waals surface area contributed by atoms with Gasteiger partial charge in [-0.1, -0.05) is 6.07 Å². The van der Waals surface area contributed by atoms with E-state index in [1.54, 1.807) is 42.9 Å². The second-order valence-electron chi connectivity index (χ2n) is 5.43. The van der Waals surface area contributed by atoms with Crippen LogP contribution in [0.2, 0.25) is 0 Å². The van der Waals surface area contributed by atoms with E-state index in [2.05, 4.69) is 15.0 Å². The lowest BCUT2D eigenvalue weighted by Crippen LogP contribution is -2.14. The second-order valence-corrected chi connectivity index (χ2v) is 7.17. The van der Waals surface area contributed by atoms with Gasteiger partial charge in [0.1, 0.15) is 0 Å². The fourth-order valence-corrected chi connectivity index (χ4v) is 2.83. The van der Waals surface area contributed by atoms with Gasteiger partial charge in [-0.3, -0.25) is 9.52 Å². The van der Waals surface area contributed by atoms with Crippen molar-refractivity contribution in [2.45, 2.75) is 0 Å². The van der Waals surface area contributed by atoms with Crippen LogP contribution in [0.5, 0.6) is 0 Å². The molecule has 0 aliphatic carbocycles. The number of benzene rings is 2. The fourth-order valence-electron chi connectivity index (χ4n) is 2.27. The van der Waals surface area contributed by atoms with E-state index in [1.807, 2.05) is 22.9 Å². The quantitative estimate of drug-likeness (QED) is 0.734. The Labute approximate surface area is 145 Å². The van der Waals surface area contributed by atoms with E-state index in [4.69, 9.17) is 0 Å². The summed E-state index contributed by atoms with van der Waals surface area (Å²) in [6.45, 7) is 0. The Morgan fingerprint density at radius 1 is 1.08 bits per heavy atom. The molecular formula is C17H16N4O3S. The number of nitrogens with zero attached hydrogens (tertiary/aromatic N) is 2. The zero-order valence-corrected chi connectivity index (χ0v) is 14.2. The normalized spacial score (nSPS) is 11.1. The number of amides is 1. The zero-order valence-electron chi connectivity index (χ0n) is 13.4. The Kier molecular flexibility index (Phi) is 4.53. The maximum atomic E-state index is 12.3. The first kappa shape index (κ1) is 16.7. The standard InChI is InChI=1S/C17H16N4O3S/c1-25(23,24)20-15-4-2-3-13(11-15)17(22)19-14-5-7-16(8-6-14)21-10-9-18-12-21/h2-12,20H,1H3,(H,19,22). The fraction of sp³-hybridized carbons (Fsp3) is 0.0588. The Hall–Kier alpha value is -3.13. The average Bonchev–Trinajstić information content (AvgIpc) is 3.08. The van der Waals surface area contributed by atoms with Gasteiger partial charge in [0.15, 0.2) is 0 Å². The molecule has 1 aromatic heterocycles. The number of aromatic nitrogens is 2. The molecule has 0 spiro atoms. The first-order valence-electron chi connectivity index (χ1n) is 7.38. The van der Waals surface area contributed by atoms with Crippen LogP contribution >= 0.6 is 0 Å². The minimum atomic E-state index is -3.39. The molecule has 0 saturated heterocycles. The topological polar surface area (TPSA) is 93.1 Å². The number of hydrogen-bond donors (Lipinski definition) is 2. The summed E-state index contributed by atoms with van der Waals surface area (Å²) in [5.41, 5.74) is 2.25. The van der Waals surface area contributed by atoms with E-state index >= 15 is 0 Å². The Balaban J connectivity index is 1.73. The van der Waals surface area contributed by atoms with E-state index in [1.165, 1.54) is 6.07 Å². The summed E-state index contributed by atoms with van der Waals surface area (Å²) < 4.78 is 26.8. The third-order valence-electron chi connectivity index (χ3n) is 3.36. The van der Waals surface area contributed by atoms with Crippen molar-refractivity contribution in [2.24, 2.45) is 0 Å². The Bertz CT molecular complexity index is 981. The number of anilines is 2. The van der Waals surface area contributed by atoms with Gasteiger partial charge in [-0.25, -0.2) is 13.4 Å². The first-order valence-corrected chi connectivity index (χ1v) is 9.27. The van der Waals surface area contributed by atoms with Gasteiger partial charge in [0.05, 0.1) is 12.6 Å². The lowest BCUT2D eigenvalue weighted by atomic mass is 10.2. The van der Waals surface area contributed by atoms with Crippen LogP contribution in [-0.2, 0) is 10.0 Å². The predicted octanol–water partition coefficient (Wildman–Crippen LogP) is 2.50. The number of carbonyl (C=O) groups excluding carboxylic acids is 1. The molecule has 0 atom stereocenters. The van der Waals surface area contributed by atoms with Crippen LogP contribution in [0.3, 0.4) is 0 Å². The van der Waals surface area contributed by atoms with Crippen LogP contribution in [0.1, 0.15) is 10.4 Å². The van der Waals surface area contributed by atoms with Gasteiger partial charge in [-0.05, 0) is 42.5 Å². The highest BCUT2D eigenvalue weighted by Crippen LogP contribution is 2.16. The zero-order chi connectivity index (χ0) is 17.9. The molecule has 8 heteroatoms. The summed E-state index contributed by atoms with van der Waals surface area (Å²) in [4.78, 5) is 16.3. The summed E-state index contributed by atoms with van der Waals surface area (Å²) >= 11 is 0. The lowest BCUT2D eigenvalue weighted by Gasteiger charge is -2.09. The summed E-state index contributed by atoms with van der Waals surface area (Å²) in [5.74, 6) is -0.326. The number of imidazole rings is 1. The molecule has 1 amide bonds. The molecule has 0 radical (unpaired) electrons. The van der Waals surface area contributed by atoms with Crippen molar-refractivity contribution in [3.63, 3.8) is 0 Å². The molecule has 25 heavy (non-hydrogen) atoms. The molecule has 0 aliphatic rings. The highest BCUT2D eigenvalue weighted by molar-refractivity contribution is 7.92. The largest absolute Gasteiger partial charge is 0.322 e. The molecule has 1 heterocycles. The van der Waals surface area contributed by atoms with Crippen molar-refractivity contribution in [1.29, 1.82) is 0 Å².